The lowest BCUT2D eigenvalue weighted by molar-refractivity contribution is -0.132. The van der Waals surface area contributed by atoms with E-state index in [0.29, 0.717) is 56.2 Å². The summed E-state index contributed by atoms with van der Waals surface area (Å²) in [6, 6.07) is 15.6. The minimum Gasteiger partial charge on any atom is -0.339 e. The molecule has 2 amide bonds. The lowest BCUT2D eigenvalue weighted by Crippen LogP contribution is -2.51. The molecule has 186 valence electrons. The van der Waals surface area contributed by atoms with E-state index < -0.39 is 15.8 Å². The maximum atomic E-state index is 13.7. The maximum Gasteiger partial charge on any atom is 0.231 e. The highest BCUT2D eigenvalue weighted by Crippen LogP contribution is 2.29. The van der Waals surface area contributed by atoms with Gasteiger partial charge in [0, 0.05) is 50.7 Å². The highest BCUT2D eigenvalue weighted by atomic mass is 32.2. The molecule has 2 aliphatic heterocycles. The number of hydrogen-bond acceptors (Lipinski definition) is 7. The molecule has 3 aromatic rings. The van der Waals surface area contributed by atoms with Crippen molar-refractivity contribution in [1.82, 2.24) is 14.9 Å². The van der Waals surface area contributed by atoms with Crippen molar-refractivity contribution in [1.29, 1.82) is 0 Å². The van der Waals surface area contributed by atoms with E-state index in [4.69, 9.17) is 0 Å². The number of hydrogen-bond donors (Lipinski definition) is 1. The Morgan fingerprint density at radius 2 is 1.67 bits per heavy atom. The van der Waals surface area contributed by atoms with Gasteiger partial charge in [-0.3, -0.25) is 9.59 Å². The van der Waals surface area contributed by atoms with Crippen LogP contribution in [0.4, 0.5) is 11.6 Å². The van der Waals surface area contributed by atoms with Crippen LogP contribution in [0.3, 0.4) is 0 Å². The van der Waals surface area contributed by atoms with E-state index in [1.54, 1.807) is 47.6 Å². The first-order valence-corrected chi connectivity index (χ1v) is 13.6. The summed E-state index contributed by atoms with van der Waals surface area (Å²) in [5.74, 6) is -0.819. The first-order chi connectivity index (χ1) is 17.4. The summed E-state index contributed by atoms with van der Waals surface area (Å²) in [7, 11) is -3.78. The van der Waals surface area contributed by atoms with Crippen molar-refractivity contribution < 1.29 is 18.0 Å². The molecule has 9 nitrogen and oxygen atoms in total. The Morgan fingerprint density at radius 1 is 0.944 bits per heavy atom. The molecule has 2 aliphatic rings. The Morgan fingerprint density at radius 3 is 2.39 bits per heavy atom. The third kappa shape index (κ3) is 5.08. The number of nitrogens with zero attached hydrogens (tertiary/aromatic N) is 4. The summed E-state index contributed by atoms with van der Waals surface area (Å²) in [6.45, 7) is 2.05. The molecule has 1 fully saturated rings. The molecule has 3 heterocycles. The van der Waals surface area contributed by atoms with Crippen LogP contribution in [0.5, 0.6) is 0 Å². The van der Waals surface area contributed by atoms with Crippen LogP contribution in [-0.4, -0.2) is 67.0 Å². The van der Waals surface area contributed by atoms with Crippen LogP contribution in [-0.2, 0) is 25.8 Å². The van der Waals surface area contributed by atoms with Gasteiger partial charge in [-0.1, -0.05) is 30.3 Å². The molecule has 0 radical (unpaired) electrons. The molecule has 36 heavy (non-hydrogen) atoms. The molecule has 1 aromatic heterocycles. The second-order valence-corrected chi connectivity index (χ2v) is 11.0. The standard InChI is InChI=1S/C26H27N5O4S/c32-24-10-7-20-17-21(8-9-23(20)29-24)36(34,35)18-22(19-5-2-1-3-6-19)25(33)30-13-15-31(16-14-30)26-27-11-4-12-28-26/h1-6,8-9,11-12,17,22H,7,10,13-16,18H2,(H,29,32). The van der Waals surface area contributed by atoms with Gasteiger partial charge in [-0.15, -0.1) is 0 Å². The van der Waals surface area contributed by atoms with Crippen LogP contribution >= 0.6 is 0 Å². The predicted molar refractivity (Wildman–Crippen MR) is 135 cm³/mol. The average Bonchev–Trinajstić information content (AvgIpc) is 2.92. The molecule has 0 bridgehead atoms. The first kappa shape index (κ1) is 23.9. The third-order valence-corrected chi connectivity index (χ3v) is 8.39. The van der Waals surface area contributed by atoms with E-state index in [1.807, 2.05) is 23.1 Å². The van der Waals surface area contributed by atoms with Crippen LogP contribution in [0.1, 0.15) is 23.5 Å². The Balaban J connectivity index is 1.36. The summed E-state index contributed by atoms with van der Waals surface area (Å²) < 4.78 is 27.0. The van der Waals surface area contributed by atoms with Crippen LogP contribution in [0.2, 0.25) is 0 Å². The summed E-state index contributed by atoms with van der Waals surface area (Å²) in [4.78, 5) is 37.8. The van der Waals surface area contributed by atoms with Crippen LogP contribution < -0.4 is 10.2 Å². The number of anilines is 2. The second kappa shape index (κ2) is 10.1. The zero-order valence-electron chi connectivity index (χ0n) is 19.7. The number of piperazine rings is 1. The second-order valence-electron chi connectivity index (χ2n) is 8.97. The summed E-state index contributed by atoms with van der Waals surface area (Å²) >= 11 is 0. The molecule has 2 aromatic carbocycles. The number of fused-ring (bicyclic) bond motifs is 1. The quantitative estimate of drug-likeness (QED) is 0.547. The molecule has 1 unspecified atom stereocenters. The summed E-state index contributed by atoms with van der Waals surface area (Å²) in [5, 5.41) is 2.77. The monoisotopic (exact) mass is 505 g/mol. The van der Waals surface area contributed by atoms with E-state index in [-0.39, 0.29) is 22.5 Å². The minimum atomic E-state index is -3.78. The maximum absolute atomic E-state index is 13.7. The Labute approximate surface area is 210 Å². The van der Waals surface area contributed by atoms with Gasteiger partial charge >= 0.3 is 0 Å². The van der Waals surface area contributed by atoms with E-state index in [1.165, 1.54) is 6.07 Å². The van der Waals surface area contributed by atoms with Gasteiger partial charge in [-0.05, 0) is 41.8 Å². The predicted octanol–water partition coefficient (Wildman–Crippen LogP) is 2.27. The fourth-order valence-corrected chi connectivity index (χ4v) is 6.23. The van der Waals surface area contributed by atoms with Gasteiger partial charge in [-0.2, -0.15) is 0 Å². The van der Waals surface area contributed by atoms with Gasteiger partial charge in [0.2, 0.25) is 17.8 Å². The van der Waals surface area contributed by atoms with Crippen molar-refractivity contribution in [2.75, 3.05) is 42.1 Å². The van der Waals surface area contributed by atoms with E-state index in [0.717, 1.165) is 5.56 Å². The molecule has 5 rings (SSSR count). The zero-order chi connectivity index (χ0) is 25.1. The van der Waals surface area contributed by atoms with Crippen molar-refractivity contribution >= 4 is 33.3 Å². The summed E-state index contributed by atoms with van der Waals surface area (Å²) in [6.07, 6.45) is 4.18. The van der Waals surface area contributed by atoms with Crippen molar-refractivity contribution in [3.05, 3.63) is 78.1 Å². The van der Waals surface area contributed by atoms with Crippen LogP contribution in [0.25, 0.3) is 0 Å². The molecule has 0 spiro atoms. The molecule has 10 heteroatoms. The lowest BCUT2D eigenvalue weighted by Gasteiger charge is -2.36. The number of carbonyl (C=O) groups excluding carboxylic acids is 2. The van der Waals surface area contributed by atoms with Crippen LogP contribution in [0.15, 0.2) is 71.9 Å². The van der Waals surface area contributed by atoms with Crippen LogP contribution in [0, 0.1) is 0 Å². The summed E-state index contributed by atoms with van der Waals surface area (Å²) in [5.41, 5.74) is 2.10. The molecular formula is C26H27N5O4S. The topological polar surface area (TPSA) is 113 Å². The van der Waals surface area contributed by atoms with Gasteiger partial charge in [0.25, 0.3) is 0 Å². The van der Waals surface area contributed by atoms with Gasteiger partial charge in [0.15, 0.2) is 9.84 Å². The fourth-order valence-electron chi connectivity index (χ4n) is 4.67. The van der Waals surface area contributed by atoms with Crippen molar-refractivity contribution in [3.63, 3.8) is 0 Å². The Hall–Kier alpha value is -3.79. The van der Waals surface area contributed by atoms with E-state index in [2.05, 4.69) is 15.3 Å². The molecule has 1 N–H and O–H groups in total. The average molecular weight is 506 g/mol. The Bertz CT molecular complexity index is 1360. The largest absolute Gasteiger partial charge is 0.339 e. The molecule has 0 saturated carbocycles. The lowest BCUT2D eigenvalue weighted by atomic mass is 9.99. The number of aromatic nitrogens is 2. The smallest absolute Gasteiger partial charge is 0.231 e. The van der Waals surface area contributed by atoms with Gasteiger partial charge < -0.3 is 15.1 Å². The number of benzene rings is 2. The first-order valence-electron chi connectivity index (χ1n) is 11.9. The minimum absolute atomic E-state index is 0.0771. The highest BCUT2D eigenvalue weighted by molar-refractivity contribution is 7.91. The van der Waals surface area contributed by atoms with Crippen molar-refractivity contribution in [2.45, 2.75) is 23.7 Å². The number of carbonyl (C=O) groups is 2. The normalized spacial score (nSPS) is 16.7. The fraction of sp³-hybridized carbons (Fsp3) is 0.308. The molecular weight excluding hydrogens is 478 g/mol. The van der Waals surface area contributed by atoms with Gasteiger partial charge in [-0.25, -0.2) is 18.4 Å². The number of nitrogens with one attached hydrogen (secondary N) is 1. The third-order valence-electron chi connectivity index (χ3n) is 6.64. The molecule has 1 saturated heterocycles. The zero-order valence-corrected chi connectivity index (χ0v) is 20.5. The van der Waals surface area contributed by atoms with Gasteiger partial charge in [0.05, 0.1) is 16.6 Å². The molecule has 1 atom stereocenters. The number of sulfone groups is 1. The Kier molecular flexibility index (Phi) is 6.69. The molecule has 0 aliphatic carbocycles. The van der Waals surface area contributed by atoms with E-state index >= 15 is 0 Å². The SMILES string of the molecule is O=C1CCc2cc(S(=O)(=O)CC(C(=O)N3CCN(c4ncccn4)CC3)c3ccccc3)ccc2N1. The van der Waals surface area contributed by atoms with Crippen molar-refractivity contribution in [2.24, 2.45) is 0 Å². The number of amides is 2. The number of aryl methyl sites for hydroxylation is 1. The van der Waals surface area contributed by atoms with Gasteiger partial charge in [0.1, 0.15) is 0 Å². The van der Waals surface area contributed by atoms with E-state index in [9.17, 15) is 18.0 Å². The number of rotatable bonds is 6. The van der Waals surface area contributed by atoms with Crippen molar-refractivity contribution in [3.8, 4) is 0 Å². The highest BCUT2D eigenvalue weighted by Gasteiger charge is 2.33.